The number of fused-ring (bicyclic) bond motifs is 1. The first-order valence-electron chi connectivity index (χ1n) is 6.53. The second-order valence-corrected chi connectivity index (χ2v) is 4.62. The van der Waals surface area contributed by atoms with Gasteiger partial charge >= 0.3 is 0 Å². The van der Waals surface area contributed by atoms with Crippen molar-refractivity contribution < 1.29 is 14.2 Å². The van der Waals surface area contributed by atoms with Gasteiger partial charge in [0.1, 0.15) is 5.75 Å². The summed E-state index contributed by atoms with van der Waals surface area (Å²) in [6.45, 7) is 1.06. The van der Waals surface area contributed by atoms with Crippen molar-refractivity contribution in [3.63, 3.8) is 0 Å². The lowest BCUT2D eigenvalue weighted by Crippen LogP contribution is -2.06. The molecule has 0 radical (unpaired) electrons. The number of ether oxygens (including phenoxy) is 3. The van der Waals surface area contributed by atoms with Crippen molar-refractivity contribution in [2.45, 2.75) is 6.54 Å². The molecule has 4 heteroatoms. The number of benzene rings is 2. The third-order valence-corrected chi connectivity index (χ3v) is 3.35. The van der Waals surface area contributed by atoms with Crippen LogP contribution in [0.1, 0.15) is 5.56 Å². The molecule has 1 heterocycles. The van der Waals surface area contributed by atoms with E-state index in [-0.39, 0.29) is 0 Å². The van der Waals surface area contributed by atoms with Gasteiger partial charge in [0, 0.05) is 12.1 Å². The van der Waals surface area contributed by atoms with Gasteiger partial charge in [-0.1, -0.05) is 12.1 Å². The molecule has 4 nitrogen and oxygen atoms in total. The van der Waals surface area contributed by atoms with E-state index in [4.69, 9.17) is 14.2 Å². The van der Waals surface area contributed by atoms with Gasteiger partial charge < -0.3 is 19.5 Å². The van der Waals surface area contributed by atoms with Crippen LogP contribution in [0.25, 0.3) is 11.1 Å². The summed E-state index contributed by atoms with van der Waals surface area (Å²) >= 11 is 0. The summed E-state index contributed by atoms with van der Waals surface area (Å²) in [7, 11) is 3.61. The molecular formula is C16H17NO3. The normalized spacial score (nSPS) is 12.5. The van der Waals surface area contributed by atoms with Crippen molar-refractivity contribution in [1.82, 2.24) is 5.32 Å². The molecule has 20 heavy (non-hydrogen) atoms. The average molecular weight is 271 g/mol. The van der Waals surface area contributed by atoms with Crippen LogP contribution in [0.2, 0.25) is 0 Å². The van der Waals surface area contributed by atoms with Crippen molar-refractivity contribution in [3.8, 4) is 28.4 Å². The Labute approximate surface area is 118 Å². The van der Waals surface area contributed by atoms with Crippen molar-refractivity contribution in [2.24, 2.45) is 0 Å². The lowest BCUT2D eigenvalue weighted by atomic mass is 10.0. The van der Waals surface area contributed by atoms with Gasteiger partial charge in [0.25, 0.3) is 0 Å². The summed E-state index contributed by atoms with van der Waals surface area (Å²) in [4.78, 5) is 0. The largest absolute Gasteiger partial charge is 0.496 e. The SMILES string of the molecule is CNCc1cc(-c2ccc3c(c2)OCO3)ccc1OC. The lowest BCUT2D eigenvalue weighted by Gasteiger charge is -2.11. The summed E-state index contributed by atoms with van der Waals surface area (Å²) in [5, 5.41) is 3.15. The number of hydrogen-bond donors (Lipinski definition) is 1. The summed E-state index contributed by atoms with van der Waals surface area (Å²) < 4.78 is 16.1. The van der Waals surface area contributed by atoms with Crippen LogP contribution in [0, 0.1) is 0 Å². The Kier molecular flexibility index (Phi) is 3.48. The molecule has 0 amide bonds. The van der Waals surface area contributed by atoms with Crippen LogP contribution < -0.4 is 19.5 Å². The monoisotopic (exact) mass is 271 g/mol. The van der Waals surface area contributed by atoms with Crippen LogP contribution in [0.15, 0.2) is 36.4 Å². The molecule has 3 rings (SSSR count). The highest BCUT2D eigenvalue weighted by molar-refractivity contribution is 5.69. The zero-order valence-corrected chi connectivity index (χ0v) is 11.6. The maximum absolute atomic E-state index is 5.42. The van der Waals surface area contributed by atoms with E-state index in [1.165, 1.54) is 0 Å². The van der Waals surface area contributed by atoms with Crippen LogP contribution >= 0.6 is 0 Å². The Morgan fingerprint density at radius 3 is 2.60 bits per heavy atom. The molecule has 2 aromatic rings. The van der Waals surface area contributed by atoms with Crippen LogP contribution in [0.5, 0.6) is 17.2 Å². The Morgan fingerprint density at radius 1 is 1.05 bits per heavy atom. The van der Waals surface area contributed by atoms with Gasteiger partial charge in [-0.2, -0.15) is 0 Å². The minimum atomic E-state index is 0.298. The molecule has 0 atom stereocenters. The highest BCUT2D eigenvalue weighted by Gasteiger charge is 2.14. The van der Waals surface area contributed by atoms with Crippen LogP contribution in [-0.4, -0.2) is 21.0 Å². The van der Waals surface area contributed by atoms with Gasteiger partial charge in [0.15, 0.2) is 11.5 Å². The first-order chi connectivity index (χ1) is 9.81. The quantitative estimate of drug-likeness (QED) is 0.928. The highest BCUT2D eigenvalue weighted by Crippen LogP contribution is 2.36. The fraction of sp³-hybridized carbons (Fsp3) is 0.250. The van der Waals surface area contributed by atoms with E-state index in [1.54, 1.807) is 7.11 Å². The summed E-state index contributed by atoms with van der Waals surface area (Å²) in [5.74, 6) is 2.50. The topological polar surface area (TPSA) is 39.7 Å². The minimum Gasteiger partial charge on any atom is -0.496 e. The van der Waals surface area contributed by atoms with E-state index in [1.807, 2.05) is 31.3 Å². The Balaban J connectivity index is 1.99. The van der Waals surface area contributed by atoms with E-state index in [0.717, 1.165) is 40.5 Å². The van der Waals surface area contributed by atoms with E-state index in [2.05, 4.69) is 17.4 Å². The van der Waals surface area contributed by atoms with Gasteiger partial charge in [-0.05, 0) is 42.4 Å². The van der Waals surface area contributed by atoms with E-state index in [9.17, 15) is 0 Å². The van der Waals surface area contributed by atoms with Crippen molar-refractivity contribution in [3.05, 3.63) is 42.0 Å². The minimum absolute atomic E-state index is 0.298. The van der Waals surface area contributed by atoms with E-state index >= 15 is 0 Å². The second-order valence-electron chi connectivity index (χ2n) is 4.62. The molecule has 104 valence electrons. The lowest BCUT2D eigenvalue weighted by molar-refractivity contribution is 0.174. The Hall–Kier alpha value is -2.20. The number of nitrogens with one attached hydrogen (secondary N) is 1. The zero-order valence-electron chi connectivity index (χ0n) is 11.6. The van der Waals surface area contributed by atoms with Crippen molar-refractivity contribution in [2.75, 3.05) is 21.0 Å². The first kappa shape index (κ1) is 12.8. The average Bonchev–Trinajstić information content (AvgIpc) is 2.95. The number of hydrogen-bond acceptors (Lipinski definition) is 4. The smallest absolute Gasteiger partial charge is 0.231 e. The fourth-order valence-corrected chi connectivity index (χ4v) is 2.36. The second kappa shape index (κ2) is 5.43. The predicted octanol–water partition coefficient (Wildman–Crippen LogP) is 2.81. The highest BCUT2D eigenvalue weighted by atomic mass is 16.7. The van der Waals surface area contributed by atoms with Gasteiger partial charge in [-0.3, -0.25) is 0 Å². The summed E-state index contributed by atoms with van der Waals surface area (Å²) in [5.41, 5.74) is 3.37. The van der Waals surface area contributed by atoms with Gasteiger partial charge in [0.05, 0.1) is 7.11 Å². The molecule has 1 aliphatic heterocycles. The summed E-state index contributed by atoms with van der Waals surface area (Å²) in [6, 6.07) is 12.2. The van der Waals surface area contributed by atoms with Gasteiger partial charge in [-0.25, -0.2) is 0 Å². The molecule has 2 aromatic carbocycles. The molecule has 1 N–H and O–H groups in total. The van der Waals surface area contributed by atoms with Gasteiger partial charge in [0.2, 0.25) is 6.79 Å². The molecule has 0 aliphatic carbocycles. The van der Waals surface area contributed by atoms with Crippen molar-refractivity contribution >= 4 is 0 Å². The molecule has 0 bridgehead atoms. The molecule has 0 saturated carbocycles. The summed E-state index contributed by atoms with van der Waals surface area (Å²) in [6.07, 6.45) is 0. The standard InChI is InChI=1S/C16H17NO3/c1-17-9-13-7-11(3-5-14(13)18-2)12-4-6-15-16(8-12)20-10-19-15/h3-8,17H,9-10H2,1-2H3. The van der Waals surface area contributed by atoms with Crippen LogP contribution in [0.4, 0.5) is 0 Å². The molecule has 0 fully saturated rings. The van der Waals surface area contributed by atoms with E-state index in [0.29, 0.717) is 6.79 Å². The van der Waals surface area contributed by atoms with Crippen LogP contribution in [0.3, 0.4) is 0 Å². The predicted molar refractivity (Wildman–Crippen MR) is 77.3 cm³/mol. The molecule has 0 unspecified atom stereocenters. The first-order valence-corrected chi connectivity index (χ1v) is 6.53. The maximum atomic E-state index is 5.42. The zero-order chi connectivity index (χ0) is 13.9. The maximum Gasteiger partial charge on any atom is 0.231 e. The third-order valence-electron chi connectivity index (χ3n) is 3.35. The van der Waals surface area contributed by atoms with Gasteiger partial charge in [-0.15, -0.1) is 0 Å². The molecule has 0 saturated heterocycles. The fourth-order valence-electron chi connectivity index (χ4n) is 2.36. The van der Waals surface area contributed by atoms with E-state index < -0.39 is 0 Å². The van der Waals surface area contributed by atoms with Crippen molar-refractivity contribution in [1.29, 1.82) is 0 Å². The Morgan fingerprint density at radius 2 is 1.80 bits per heavy atom. The molecule has 0 spiro atoms. The van der Waals surface area contributed by atoms with Crippen LogP contribution in [-0.2, 0) is 6.54 Å². The molecule has 1 aliphatic rings. The Bertz CT molecular complexity index is 625. The number of methoxy groups -OCH3 is 1. The third kappa shape index (κ3) is 2.30. The molecule has 0 aromatic heterocycles. The number of rotatable bonds is 4. The molecular weight excluding hydrogens is 254 g/mol.